The van der Waals surface area contributed by atoms with Crippen LogP contribution in [0.25, 0.3) is 0 Å². The summed E-state index contributed by atoms with van der Waals surface area (Å²) in [7, 11) is 0. The van der Waals surface area contributed by atoms with Crippen molar-refractivity contribution in [3.8, 4) is 0 Å². The summed E-state index contributed by atoms with van der Waals surface area (Å²) in [4.78, 5) is 13.8. The molecule has 1 N–H and O–H groups in total. The maximum atomic E-state index is 12.0. The van der Waals surface area contributed by atoms with Crippen LogP contribution in [-0.4, -0.2) is 42.3 Å². The Morgan fingerprint density at radius 2 is 1.82 bits per heavy atom. The summed E-state index contributed by atoms with van der Waals surface area (Å²) in [6.07, 6.45) is 7.28. The van der Waals surface area contributed by atoms with Crippen molar-refractivity contribution in [3.63, 3.8) is 0 Å². The van der Waals surface area contributed by atoms with Crippen LogP contribution >= 0.6 is 0 Å². The third-order valence-electron chi connectivity index (χ3n) is 3.62. The zero-order chi connectivity index (χ0) is 17.0. The summed E-state index contributed by atoms with van der Waals surface area (Å²) in [6.45, 7) is 14.6. The van der Waals surface area contributed by atoms with Gasteiger partial charge < -0.3 is 15.0 Å². The smallest absolute Gasteiger partial charge is 0.410 e. The van der Waals surface area contributed by atoms with Gasteiger partial charge in [-0.05, 0) is 54.0 Å². The van der Waals surface area contributed by atoms with Crippen LogP contribution in [0.5, 0.6) is 0 Å². The Balaban J connectivity index is 3.80. The lowest BCUT2D eigenvalue weighted by molar-refractivity contribution is 0.0258. The quantitative estimate of drug-likeness (QED) is 0.567. The Bertz CT molecular complexity index is 287. The summed E-state index contributed by atoms with van der Waals surface area (Å²) < 4.78 is 5.41. The third kappa shape index (κ3) is 11.8. The van der Waals surface area contributed by atoms with E-state index in [1.54, 1.807) is 4.90 Å². The van der Waals surface area contributed by atoms with E-state index in [0.29, 0.717) is 12.6 Å². The van der Waals surface area contributed by atoms with Crippen molar-refractivity contribution in [2.24, 2.45) is 0 Å². The highest BCUT2D eigenvalue weighted by Gasteiger charge is 2.20. The number of amides is 1. The Kier molecular flexibility index (Phi) is 11.3. The molecule has 0 rings (SSSR count). The number of nitrogens with one attached hydrogen (secondary N) is 1. The van der Waals surface area contributed by atoms with Crippen LogP contribution in [0.3, 0.4) is 0 Å². The molecule has 0 aliphatic heterocycles. The van der Waals surface area contributed by atoms with Crippen molar-refractivity contribution in [2.45, 2.75) is 91.7 Å². The average Bonchev–Trinajstić information content (AvgIpc) is 2.41. The Morgan fingerprint density at radius 1 is 1.14 bits per heavy atom. The number of nitrogens with zero attached hydrogens (tertiary/aromatic N) is 1. The van der Waals surface area contributed by atoms with Gasteiger partial charge in [-0.3, -0.25) is 0 Å². The SMILES string of the molecule is CCCCCCC(C)NCCCN(CC)C(=O)OC(C)(C)C. The van der Waals surface area contributed by atoms with E-state index >= 15 is 0 Å². The third-order valence-corrected chi connectivity index (χ3v) is 3.62. The zero-order valence-electron chi connectivity index (χ0n) is 15.7. The Morgan fingerprint density at radius 3 is 2.36 bits per heavy atom. The van der Waals surface area contributed by atoms with Crippen LogP contribution in [0.4, 0.5) is 4.79 Å². The minimum Gasteiger partial charge on any atom is -0.444 e. The van der Waals surface area contributed by atoms with Crippen LogP contribution in [0.1, 0.15) is 80.1 Å². The summed E-state index contributed by atoms with van der Waals surface area (Å²) in [5.41, 5.74) is -0.421. The van der Waals surface area contributed by atoms with Gasteiger partial charge in [-0.25, -0.2) is 4.79 Å². The molecular formula is C18H38N2O2. The topological polar surface area (TPSA) is 41.6 Å². The van der Waals surface area contributed by atoms with E-state index in [2.05, 4.69) is 19.2 Å². The van der Waals surface area contributed by atoms with Crippen LogP contribution in [0.2, 0.25) is 0 Å². The van der Waals surface area contributed by atoms with Gasteiger partial charge in [0, 0.05) is 19.1 Å². The first-order valence-corrected chi connectivity index (χ1v) is 9.01. The maximum absolute atomic E-state index is 12.0. The molecule has 4 nitrogen and oxygen atoms in total. The zero-order valence-corrected chi connectivity index (χ0v) is 15.7. The summed E-state index contributed by atoms with van der Waals surface area (Å²) in [5, 5.41) is 3.55. The van der Waals surface area contributed by atoms with Crippen LogP contribution in [0, 0.1) is 0 Å². The standard InChI is InChI=1S/C18H38N2O2/c1-7-9-10-11-13-16(3)19-14-12-15-20(8-2)17(21)22-18(4,5)6/h16,19H,7-15H2,1-6H3. The van der Waals surface area contributed by atoms with Gasteiger partial charge in [-0.1, -0.05) is 32.6 Å². The lowest BCUT2D eigenvalue weighted by Gasteiger charge is -2.26. The normalized spacial score (nSPS) is 13.0. The second-order valence-electron chi connectivity index (χ2n) is 7.12. The molecule has 22 heavy (non-hydrogen) atoms. The highest BCUT2D eigenvalue weighted by Crippen LogP contribution is 2.10. The number of unbranched alkanes of at least 4 members (excludes halogenated alkanes) is 3. The van der Waals surface area contributed by atoms with Gasteiger partial charge in [-0.2, -0.15) is 0 Å². The molecule has 0 heterocycles. The summed E-state index contributed by atoms with van der Waals surface area (Å²) in [5.74, 6) is 0. The molecule has 0 saturated heterocycles. The maximum Gasteiger partial charge on any atom is 0.410 e. The molecule has 1 atom stereocenters. The molecule has 0 aromatic heterocycles. The fraction of sp³-hybridized carbons (Fsp3) is 0.944. The van der Waals surface area contributed by atoms with Crippen molar-refractivity contribution in [2.75, 3.05) is 19.6 Å². The van der Waals surface area contributed by atoms with Gasteiger partial charge in [0.15, 0.2) is 0 Å². The van der Waals surface area contributed by atoms with Gasteiger partial charge >= 0.3 is 6.09 Å². The second-order valence-corrected chi connectivity index (χ2v) is 7.12. The van der Waals surface area contributed by atoms with Crippen molar-refractivity contribution in [1.82, 2.24) is 10.2 Å². The van der Waals surface area contributed by atoms with Gasteiger partial charge in [-0.15, -0.1) is 0 Å². The molecule has 4 heteroatoms. The van der Waals surface area contributed by atoms with E-state index in [4.69, 9.17) is 4.74 Å². The van der Waals surface area contributed by atoms with Gasteiger partial charge in [0.2, 0.25) is 0 Å². The van der Waals surface area contributed by atoms with Gasteiger partial charge in [0.05, 0.1) is 0 Å². The molecule has 1 amide bonds. The molecule has 0 aliphatic carbocycles. The van der Waals surface area contributed by atoms with E-state index in [0.717, 1.165) is 19.5 Å². The van der Waals surface area contributed by atoms with Crippen LogP contribution in [0.15, 0.2) is 0 Å². The Labute approximate surface area is 138 Å². The number of ether oxygens (including phenoxy) is 1. The molecular weight excluding hydrogens is 276 g/mol. The lowest BCUT2D eigenvalue weighted by atomic mass is 10.1. The highest BCUT2D eigenvalue weighted by atomic mass is 16.6. The lowest BCUT2D eigenvalue weighted by Crippen LogP contribution is -2.38. The first kappa shape index (κ1) is 21.2. The second kappa shape index (κ2) is 11.8. The van der Waals surface area contributed by atoms with E-state index in [1.165, 1.54) is 32.1 Å². The molecule has 0 fully saturated rings. The number of hydrogen-bond donors (Lipinski definition) is 1. The fourth-order valence-corrected chi connectivity index (χ4v) is 2.30. The molecule has 1 unspecified atom stereocenters. The highest BCUT2D eigenvalue weighted by molar-refractivity contribution is 5.68. The number of carbonyl (C=O) groups is 1. The molecule has 0 saturated carbocycles. The molecule has 0 radical (unpaired) electrons. The summed E-state index contributed by atoms with van der Waals surface area (Å²) in [6, 6.07) is 0.563. The number of carbonyl (C=O) groups excluding carboxylic acids is 1. The van der Waals surface area contributed by atoms with Crippen molar-refractivity contribution in [1.29, 1.82) is 0 Å². The molecule has 0 aromatic rings. The predicted molar refractivity (Wildman–Crippen MR) is 94.3 cm³/mol. The molecule has 132 valence electrons. The first-order valence-electron chi connectivity index (χ1n) is 9.01. The monoisotopic (exact) mass is 314 g/mol. The van der Waals surface area contributed by atoms with E-state index in [-0.39, 0.29) is 6.09 Å². The predicted octanol–water partition coefficient (Wildman–Crippen LogP) is 4.58. The number of hydrogen-bond acceptors (Lipinski definition) is 3. The molecule has 0 aromatic carbocycles. The van der Waals surface area contributed by atoms with Gasteiger partial charge in [0.1, 0.15) is 5.60 Å². The summed E-state index contributed by atoms with van der Waals surface area (Å²) >= 11 is 0. The van der Waals surface area contributed by atoms with Gasteiger partial charge in [0.25, 0.3) is 0 Å². The number of rotatable bonds is 11. The van der Waals surface area contributed by atoms with Crippen molar-refractivity contribution in [3.05, 3.63) is 0 Å². The van der Waals surface area contributed by atoms with Crippen LogP contribution < -0.4 is 5.32 Å². The fourth-order valence-electron chi connectivity index (χ4n) is 2.30. The minimum absolute atomic E-state index is 0.206. The van der Waals surface area contributed by atoms with Crippen LogP contribution in [-0.2, 0) is 4.74 Å². The first-order chi connectivity index (χ1) is 10.3. The van der Waals surface area contributed by atoms with Crippen molar-refractivity contribution < 1.29 is 9.53 Å². The Hall–Kier alpha value is -0.770. The van der Waals surface area contributed by atoms with E-state index < -0.39 is 5.60 Å². The average molecular weight is 315 g/mol. The minimum atomic E-state index is -0.421. The van der Waals surface area contributed by atoms with Crippen molar-refractivity contribution >= 4 is 6.09 Å². The largest absolute Gasteiger partial charge is 0.444 e. The van der Waals surface area contributed by atoms with E-state index in [1.807, 2.05) is 27.7 Å². The molecule has 0 aliphatic rings. The molecule has 0 bridgehead atoms. The van der Waals surface area contributed by atoms with E-state index in [9.17, 15) is 4.79 Å². The molecule has 0 spiro atoms.